The number of amides is 1. The molecule has 3 N–H and O–H groups in total. The van der Waals surface area contributed by atoms with Crippen LogP contribution in [0.25, 0.3) is 0 Å². The largest absolute Gasteiger partial charge is 0.465 e. The van der Waals surface area contributed by atoms with Crippen molar-refractivity contribution in [2.24, 2.45) is 11.1 Å². The van der Waals surface area contributed by atoms with Crippen molar-refractivity contribution in [3.63, 3.8) is 0 Å². The van der Waals surface area contributed by atoms with E-state index in [0.29, 0.717) is 11.3 Å². The number of benzene rings is 1. The van der Waals surface area contributed by atoms with E-state index in [1.165, 1.54) is 7.11 Å². The van der Waals surface area contributed by atoms with E-state index >= 15 is 0 Å². The van der Waals surface area contributed by atoms with Crippen LogP contribution in [0.4, 0.5) is 5.69 Å². The molecule has 1 aromatic carbocycles. The van der Waals surface area contributed by atoms with Gasteiger partial charge in [-0.15, -0.1) is 12.4 Å². The van der Waals surface area contributed by atoms with Gasteiger partial charge in [-0.3, -0.25) is 4.79 Å². The van der Waals surface area contributed by atoms with Gasteiger partial charge in [0.15, 0.2) is 0 Å². The molecule has 0 heterocycles. The lowest BCUT2D eigenvalue weighted by molar-refractivity contribution is -0.123. The van der Waals surface area contributed by atoms with Gasteiger partial charge in [-0.25, -0.2) is 4.79 Å². The van der Waals surface area contributed by atoms with E-state index < -0.39 is 11.4 Å². The zero-order chi connectivity index (χ0) is 13.8. The van der Waals surface area contributed by atoms with Gasteiger partial charge >= 0.3 is 5.97 Å². The summed E-state index contributed by atoms with van der Waals surface area (Å²) in [6.45, 7) is 3.80. The highest BCUT2D eigenvalue weighted by atomic mass is 35.5. The van der Waals surface area contributed by atoms with Crippen LogP contribution in [0, 0.1) is 5.41 Å². The summed E-state index contributed by atoms with van der Waals surface area (Å²) >= 11 is 0. The quantitative estimate of drug-likeness (QED) is 0.827. The first-order valence-corrected chi connectivity index (χ1v) is 5.60. The smallest absolute Gasteiger partial charge is 0.337 e. The SMILES string of the molecule is COC(=O)c1ccc(NC(=O)C(C)(C)CN)cc1.Cl. The second-order valence-electron chi connectivity index (χ2n) is 4.61. The Morgan fingerprint density at radius 1 is 1.26 bits per heavy atom. The highest BCUT2D eigenvalue weighted by molar-refractivity contribution is 5.96. The third-order valence-electron chi connectivity index (χ3n) is 2.69. The Morgan fingerprint density at radius 2 is 1.79 bits per heavy atom. The molecule has 19 heavy (non-hydrogen) atoms. The number of hydrogen-bond acceptors (Lipinski definition) is 4. The Hall–Kier alpha value is -1.59. The van der Waals surface area contributed by atoms with Crippen LogP contribution in [0.15, 0.2) is 24.3 Å². The summed E-state index contributed by atoms with van der Waals surface area (Å²) in [7, 11) is 1.32. The van der Waals surface area contributed by atoms with Crippen LogP contribution >= 0.6 is 12.4 Å². The van der Waals surface area contributed by atoms with Crippen LogP contribution in [0.2, 0.25) is 0 Å². The van der Waals surface area contributed by atoms with Gasteiger partial charge in [-0.1, -0.05) is 0 Å². The Bertz CT molecular complexity index is 444. The van der Waals surface area contributed by atoms with Crippen molar-refractivity contribution in [2.75, 3.05) is 19.0 Å². The number of rotatable bonds is 4. The van der Waals surface area contributed by atoms with E-state index in [2.05, 4.69) is 10.1 Å². The third kappa shape index (κ3) is 4.54. The molecule has 0 radical (unpaired) electrons. The minimum absolute atomic E-state index is 0. The second kappa shape index (κ2) is 7.11. The molecule has 0 atom stereocenters. The molecule has 0 aliphatic carbocycles. The molecule has 1 rings (SSSR count). The molecule has 6 heteroatoms. The van der Waals surface area contributed by atoms with E-state index in [0.717, 1.165) is 0 Å². The topological polar surface area (TPSA) is 81.4 Å². The monoisotopic (exact) mass is 286 g/mol. The number of nitrogens with one attached hydrogen (secondary N) is 1. The van der Waals surface area contributed by atoms with Gasteiger partial charge in [0.2, 0.25) is 5.91 Å². The van der Waals surface area contributed by atoms with Crippen molar-refractivity contribution >= 4 is 30.0 Å². The van der Waals surface area contributed by atoms with Crippen molar-refractivity contribution in [3.05, 3.63) is 29.8 Å². The fraction of sp³-hybridized carbons (Fsp3) is 0.385. The summed E-state index contributed by atoms with van der Waals surface area (Å²) in [5, 5.41) is 2.75. The molecule has 0 spiro atoms. The zero-order valence-electron chi connectivity index (χ0n) is 11.2. The van der Waals surface area contributed by atoms with Gasteiger partial charge in [0.05, 0.1) is 18.1 Å². The fourth-order valence-electron chi connectivity index (χ4n) is 1.20. The predicted octanol–water partition coefficient (Wildman–Crippen LogP) is 1.82. The van der Waals surface area contributed by atoms with E-state index in [1.807, 2.05) is 0 Å². The summed E-state index contributed by atoms with van der Waals surface area (Å²) in [6.07, 6.45) is 0. The summed E-state index contributed by atoms with van der Waals surface area (Å²) in [5.41, 5.74) is 5.95. The Morgan fingerprint density at radius 3 is 2.21 bits per heavy atom. The maximum atomic E-state index is 11.9. The third-order valence-corrected chi connectivity index (χ3v) is 2.69. The van der Waals surface area contributed by atoms with Gasteiger partial charge in [0, 0.05) is 12.2 Å². The van der Waals surface area contributed by atoms with Crippen LogP contribution < -0.4 is 11.1 Å². The fourth-order valence-corrected chi connectivity index (χ4v) is 1.20. The van der Waals surface area contributed by atoms with E-state index in [9.17, 15) is 9.59 Å². The van der Waals surface area contributed by atoms with Crippen LogP contribution in [-0.4, -0.2) is 25.5 Å². The van der Waals surface area contributed by atoms with Crippen molar-refractivity contribution in [3.8, 4) is 0 Å². The van der Waals surface area contributed by atoms with Gasteiger partial charge in [0.25, 0.3) is 0 Å². The van der Waals surface area contributed by atoms with Crippen LogP contribution in [0.5, 0.6) is 0 Å². The van der Waals surface area contributed by atoms with Gasteiger partial charge < -0.3 is 15.8 Å². The lowest BCUT2D eigenvalue weighted by Crippen LogP contribution is -2.37. The molecule has 5 nitrogen and oxygen atoms in total. The number of carbonyl (C=O) groups is 2. The normalized spacial score (nSPS) is 10.3. The van der Waals surface area contributed by atoms with E-state index in [4.69, 9.17) is 5.73 Å². The highest BCUT2D eigenvalue weighted by Crippen LogP contribution is 2.17. The van der Waals surface area contributed by atoms with Gasteiger partial charge in [0.1, 0.15) is 0 Å². The first-order chi connectivity index (χ1) is 8.40. The summed E-state index contributed by atoms with van der Waals surface area (Å²) in [6, 6.07) is 6.49. The highest BCUT2D eigenvalue weighted by Gasteiger charge is 2.25. The average Bonchev–Trinajstić information content (AvgIpc) is 2.38. The maximum Gasteiger partial charge on any atom is 0.337 e. The number of esters is 1. The minimum atomic E-state index is -0.624. The molecule has 0 unspecified atom stereocenters. The number of hydrogen-bond donors (Lipinski definition) is 2. The first-order valence-electron chi connectivity index (χ1n) is 5.60. The molecule has 0 fully saturated rings. The Kier molecular flexibility index (Phi) is 6.52. The van der Waals surface area contributed by atoms with E-state index in [-0.39, 0.29) is 24.9 Å². The van der Waals surface area contributed by atoms with Gasteiger partial charge in [-0.2, -0.15) is 0 Å². The molecule has 0 bridgehead atoms. The molecule has 0 aromatic heterocycles. The number of methoxy groups -OCH3 is 1. The lowest BCUT2D eigenvalue weighted by atomic mass is 9.92. The molecule has 0 aliphatic heterocycles. The van der Waals surface area contributed by atoms with Crippen molar-refractivity contribution in [1.29, 1.82) is 0 Å². The van der Waals surface area contributed by atoms with Crippen LogP contribution in [0.1, 0.15) is 24.2 Å². The molecule has 0 aliphatic rings. The number of halogens is 1. The molecular formula is C13H19ClN2O3. The van der Waals surface area contributed by atoms with E-state index in [1.54, 1.807) is 38.1 Å². The molecule has 1 aromatic rings. The second-order valence-corrected chi connectivity index (χ2v) is 4.61. The summed E-state index contributed by atoms with van der Waals surface area (Å²) < 4.78 is 4.59. The Labute approximate surface area is 118 Å². The molecule has 0 saturated carbocycles. The molecule has 0 saturated heterocycles. The number of nitrogens with two attached hydrogens (primary N) is 1. The summed E-state index contributed by atoms with van der Waals surface area (Å²) in [4.78, 5) is 23.1. The zero-order valence-corrected chi connectivity index (χ0v) is 12.0. The number of ether oxygens (including phenoxy) is 1. The standard InChI is InChI=1S/C13H18N2O3.ClH/c1-13(2,8-14)12(17)15-10-6-4-9(5-7-10)11(16)18-3;/h4-7H,8,14H2,1-3H3,(H,15,17);1H. The van der Waals surface area contributed by atoms with Gasteiger partial charge in [-0.05, 0) is 38.1 Å². The molecule has 1 amide bonds. The maximum absolute atomic E-state index is 11.9. The first kappa shape index (κ1) is 17.4. The summed E-state index contributed by atoms with van der Waals surface area (Å²) in [5.74, 6) is -0.564. The molecular weight excluding hydrogens is 268 g/mol. The average molecular weight is 287 g/mol. The number of carbonyl (C=O) groups excluding carboxylic acids is 2. The van der Waals surface area contributed by atoms with Crippen molar-refractivity contribution in [1.82, 2.24) is 0 Å². The molecule has 106 valence electrons. The van der Waals surface area contributed by atoms with Crippen LogP contribution in [-0.2, 0) is 9.53 Å². The van der Waals surface area contributed by atoms with Crippen LogP contribution in [0.3, 0.4) is 0 Å². The van der Waals surface area contributed by atoms with Crippen molar-refractivity contribution in [2.45, 2.75) is 13.8 Å². The lowest BCUT2D eigenvalue weighted by Gasteiger charge is -2.21. The Balaban J connectivity index is 0.00000324. The minimum Gasteiger partial charge on any atom is -0.465 e. The number of anilines is 1. The van der Waals surface area contributed by atoms with Crippen molar-refractivity contribution < 1.29 is 14.3 Å². The predicted molar refractivity (Wildman–Crippen MR) is 76.5 cm³/mol.